The maximum atomic E-state index is 2.80. The quantitative estimate of drug-likeness (QED) is 0.255. The van der Waals surface area contributed by atoms with E-state index in [2.05, 4.69) is 88.4 Å². The van der Waals surface area contributed by atoms with E-state index in [9.17, 15) is 0 Å². The van der Waals surface area contributed by atoms with Crippen LogP contribution in [0.15, 0.2) is 59.2 Å². The molecule has 0 amide bonds. The largest absolute Gasteiger partial charge is 1.00 e. The number of fused-ring (bicyclic) bond motifs is 2. The minimum absolute atomic E-state index is 0. The predicted molar refractivity (Wildman–Crippen MR) is 181 cm³/mol. The molecule has 0 N–H and O–H groups in total. The van der Waals surface area contributed by atoms with Crippen molar-refractivity contribution in [1.29, 1.82) is 0 Å². The Labute approximate surface area is 290 Å². The smallest absolute Gasteiger partial charge is 1.00 e. The van der Waals surface area contributed by atoms with E-state index in [4.69, 9.17) is 0 Å². The molecule has 2 unspecified atom stereocenters. The molecule has 0 aliphatic heterocycles. The van der Waals surface area contributed by atoms with Crippen LogP contribution in [0.3, 0.4) is 0 Å². The van der Waals surface area contributed by atoms with Crippen molar-refractivity contribution in [2.75, 3.05) is 12.3 Å². The molecule has 232 valence electrons. The Balaban J connectivity index is 0.00000212. The zero-order valence-electron chi connectivity index (χ0n) is 26.9. The van der Waals surface area contributed by atoms with Gasteiger partial charge in [0, 0.05) is 0 Å². The van der Waals surface area contributed by atoms with Crippen molar-refractivity contribution in [3.05, 3.63) is 81.4 Å². The first-order valence-electron chi connectivity index (χ1n) is 16.9. The molecule has 43 heavy (non-hydrogen) atoms. The van der Waals surface area contributed by atoms with Gasteiger partial charge in [-0.25, -0.2) is 0 Å². The first-order chi connectivity index (χ1) is 20.0. The summed E-state index contributed by atoms with van der Waals surface area (Å²) >= 11 is -0.873. The van der Waals surface area contributed by atoms with Crippen LogP contribution in [-0.2, 0) is 23.2 Å². The van der Waals surface area contributed by atoms with E-state index in [1.54, 1.807) is 22.3 Å². The predicted octanol–water partition coefficient (Wildman–Crippen LogP) is 6.21. The molecule has 0 heterocycles. The van der Waals surface area contributed by atoms with E-state index in [0.717, 1.165) is 30.4 Å². The molecule has 0 radical (unpaired) electrons. The van der Waals surface area contributed by atoms with Crippen LogP contribution in [0, 0.1) is 11.8 Å². The van der Waals surface area contributed by atoms with E-state index in [-0.39, 0.29) is 40.7 Å². The van der Waals surface area contributed by atoms with E-state index in [1.165, 1.54) is 76.5 Å². The van der Waals surface area contributed by atoms with Gasteiger partial charge in [-0.05, 0) is 0 Å². The van der Waals surface area contributed by atoms with Gasteiger partial charge in [-0.2, -0.15) is 0 Å². The molecule has 2 fully saturated rings. The number of hydrogen-bond donors (Lipinski definition) is 0. The number of benzene rings is 2. The van der Waals surface area contributed by atoms with Crippen LogP contribution in [-0.4, -0.2) is 23.6 Å². The Morgan fingerprint density at radius 2 is 1.02 bits per heavy atom. The van der Waals surface area contributed by atoms with Gasteiger partial charge in [-0.15, -0.1) is 0 Å². The molecule has 2 aromatic rings. The van der Waals surface area contributed by atoms with Crippen molar-refractivity contribution in [3.8, 4) is 0 Å². The minimum atomic E-state index is -0.873. The topological polar surface area (TPSA) is 0 Å². The van der Waals surface area contributed by atoms with Gasteiger partial charge >= 0.3 is 267 Å². The van der Waals surface area contributed by atoms with Crippen LogP contribution in [0.25, 0.3) is 12.2 Å². The first kappa shape index (κ1) is 36.1. The number of rotatable bonds is 10. The van der Waals surface area contributed by atoms with Gasteiger partial charge < -0.3 is 24.8 Å². The van der Waals surface area contributed by atoms with Crippen molar-refractivity contribution >= 4 is 28.0 Å². The van der Waals surface area contributed by atoms with Crippen molar-refractivity contribution in [3.63, 3.8) is 0 Å². The molecule has 0 saturated heterocycles. The van der Waals surface area contributed by atoms with E-state index < -0.39 is 23.2 Å². The third kappa shape index (κ3) is 8.40. The van der Waals surface area contributed by atoms with Gasteiger partial charge in [-0.1, -0.05) is 0 Å². The molecule has 0 nitrogen and oxygen atoms in total. The molecule has 0 aromatic heterocycles. The summed E-state index contributed by atoms with van der Waals surface area (Å²) < 4.78 is 1.53. The molecule has 2 aromatic carbocycles. The van der Waals surface area contributed by atoms with E-state index >= 15 is 0 Å². The van der Waals surface area contributed by atoms with Crippen LogP contribution >= 0.6 is 15.8 Å². The van der Waals surface area contributed by atoms with Gasteiger partial charge in [-0.3, -0.25) is 0 Å². The van der Waals surface area contributed by atoms with Crippen LogP contribution in [0.4, 0.5) is 0 Å². The summed E-state index contributed by atoms with van der Waals surface area (Å²) in [4.78, 5) is 0. The van der Waals surface area contributed by atoms with Gasteiger partial charge in [0.2, 0.25) is 0 Å². The fourth-order valence-corrected chi connectivity index (χ4v) is 23.0. The normalized spacial score (nSPS) is 22.1. The Morgan fingerprint density at radius 1 is 0.605 bits per heavy atom. The van der Waals surface area contributed by atoms with Gasteiger partial charge in [0.15, 0.2) is 0 Å². The van der Waals surface area contributed by atoms with Crippen molar-refractivity contribution in [2.45, 2.75) is 110 Å². The zero-order valence-corrected chi connectivity index (χ0v) is 32.6. The van der Waals surface area contributed by atoms with Gasteiger partial charge in [0.25, 0.3) is 0 Å². The molecule has 4 aliphatic carbocycles. The second-order valence-corrected chi connectivity index (χ2v) is 22.9. The molecule has 2 atom stereocenters. The van der Waals surface area contributed by atoms with Crippen LogP contribution < -0.4 is 24.8 Å². The number of hydrogen-bond acceptors (Lipinski definition) is 0. The molecular formula is C38H52Cl2P2Zr. The maximum Gasteiger partial charge on any atom is -1.00 e. The molecule has 0 bridgehead atoms. The molecular weight excluding hydrogens is 680 g/mol. The van der Waals surface area contributed by atoms with E-state index in [1.807, 2.05) is 10.6 Å². The summed E-state index contributed by atoms with van der Waals surface area (Å²) in [5.41, 5.74) is 8.58. The summed E-state index contributed by atoms with van der Waals surface area (Å²) in [6.07, 6.45) is 23.3. The summed E-state index contributed by atoms with van der Waals surface area (Å²) in [6.45, 7) is 9.84. The average Bonchev–Trinajstić information content (AvgIpc) is 3.52. The third-order valence-corrected chi connectivity index (χ3v) is 22.9. The Kier molecular flexibility index (Phi) is 14.2. The molecule has 2 saturated carbocycles. The minimum Gasteiger partial charge on any atom is -1.00 e. The molecule has 4 aliphatic rings. The van der Waals surface area contributed by atoms with Crippen molar-refractivity contribution in [2.24, 2.45) is 11.8 Å². The standard InChI is InChI=1S/C21H28P.C17H24P.2ClH.Zr/c1-3-11-19(12-4-1)22(20-13-5-2-6-14-20)21-15-17-9-7-8-10-18(17)16-21;1-13(2)11-18(12-14(3)4)17-9-15-7-5-6-8-16(15)10-17;;;/h7-10,15-16,19-20H,1-6,11-14H2;5-10,13-14H,11-12H2,1-4H3;2*1H;/q;;;;+2/p-2. The molecule has 6 rings (SSSR count). The number of halogens is 2. The Bertz CT molecular complexity index is 1210. The summed E-state index contributed by atoms with van der Waals surface area (Å²) in [5.74, 6) is 1.56. The Morgan fingerprint density at radius 3 is 1.49 bits per heavy atom. The van der Waals surface area contributed by atoms with Crippen LogP contribution in [0.1, 0.15) is 121 Å². The number of allylic oxidation sites excluding steroid dienone is 2. The Hall–Kier alpha value is 0.243. The van der Waals surface area contributed by atoms with Crippen LogP contribution in [0.2, 0.25) is 0 Å². The van der Waals surface area contributed by atoms with Crippen molar-refractivity contribution in [1.82, 2.24) is 0 Å². The van der Waals surface area contributed by atoms with Crippen molar-refractivity contribution < 1.29 is 48.0 Å². The van der Waals surface area contributed by atoms with Gasteiger partial charge in [0.05, 0.1) is 0 Å². The fourth-order valence-electron chi connectivity index (χ4n) is 8.23. The van der Waals surface area contributed by atoms with Crippen LogP contribution in [0.5, 0.6) is 0 Å². The van der Waals surface area contributed by atoms with Gasteiger partial charge in [0.1, 0.15) is 0 Å². The maximum absolute atomic E-state index is 2.80. The molecule has 0 spiro atoms. The fraction of sp³-hybridized carbons (Fsp3) is 0.579. The second-order valence-electron chi connectivity index (χ2n) is 14.1. The monoisotopic (exact) mass is 730 g/mol. The summed E-state index contributed by atoms with van der Waals surface area (Å²) in [6, 6.07) is 19.3. The SMILES string of the molecule is CC(C)CP(CC(C)C)C1=Cc2ccccc2[CH]1[Zr+2][CH]1C(P(C2CCCCC2)C2CCCCC2)=Cc2ccccc21.[Cl-].[Cl-]. The second kappa shape index (κ2) is 16.9. The molecule has 5 heteroatoms. The van der Waals surface area contributed by atoms with E-state index in [0.29, 0.717) is 0 Å². The zero-order chi connectivity index (χ0) is 28.3. The summed E-state index contributed by atoms with van der Waals surface area (Å²) in [7, 11) is -0.118. The summed E-state index contributed by atoms with van der Waals surface area (Å²) in [5, 5.41) is 3.89. The first-order valence-corrected chi connectivity index (χ1v) is 22.9. The average molecular weight is 733 g/mol. The third-order valence-electron chi connectivity index (χ3n) is 9.92.